The zero-order valence-electron chi connectivity index (χ0n) is 27.9. The molecule has 1 N–H and O–H groups in total. The van der Waals surface area contributed by atoms with Crippen LogP contribution in [0.5, 0.6) is 0 Å². The summed E-state index contributed by atoms with van der Waals surface area (Å²) in [7, 11) is 0. The van der Waals surface area contributed by atoms with Crippen molar-refractivity contribution in [3.05, 3.63) is 117 Å². The molecule has 2 rings (SSSR count). The van der Waals surface area contributed by atoms with Crippen LogP contribution in [0.15, 0.2) is 117 Å². The van der Waals surface area contributed by atoms with Gasteiger partial charge in [-0.2, -0.15) is 0 Å². The third kappa shape index (κ3) is 12.0. The summed E-state index contributed by atoms with van der Waals surface area (Å²) < 4.78 is 0. The van der Waals surface area contributed by atoms with E-state index >= 15 is 0 Å². The maximum atomic E-state index is 10.1. The molecule has 0 bridgehead atoms. The van der Waals surface area contributed by atoms with Crippen LogP contribution in [0.25, 0.3) is 0 Å². The minimum atomic E-state index is -0.217. The lowest BCUT2D eigenvalue weighted by Crippen LogP contribution is -2.28. The van der Waals surface area contributed by atoms with E-state index in [4.69, 9.17) is 0 Å². The Bertz CT molecular complexity index is 1210. The van der Waals surface area contributed by atoms with Crippen molar-refractivity contribution in [2.24, 2.45) is 10.8 Å². The van der Waals surface area contributed by atoms with Gasteiger partial charge in [0.2, 0.25) is 0 Å². The Labute approximate surface area is 253 Å². The van der Waals surface area contributed by atoms with Crippen LogP contribution in [-0.2, 0) is 0 Å². The van der Waals surface area contributed by atoms with Crippen molar-refractivity contribution in [1.29, 1.82) is 0 Å². The molecule has 1 heteroatoms. The lowest BCUT2D eigenvalue weighted by Gasteiger charge is -2.35. The van der Waals surface area contributed by atoms with Crippen LogP contribution in [0.4, 0.5) is 0 Å². The number of allylic oxidation sites excluding steroid dienone is 19. The fourth-order valence-electron chi connectivity index (χ4n) is 6.19. The van der Waals surface area contributed by atoms with Crippen molar-refractivity contribution in [1.82, 2.24) is 0 Å². The second-order valence-corrected chi connectivity index (χ2v) is 13.8. The molecule has 41 heavy (non-hydrogen) atoms. The number of aliphatic hydroxyl groups is 1. The zero-order valence-corrected chi connectivity index (χ0v) is 27.9. The van der Waals surface area contributed by atoms with E-state index in [-0.39, 0.29) is 11.5 Å². The van der Waals surface area contributed by atoms with Crippen LogP contribution in [-0.4, -0.2) is 11.2 Å². The summed E-state index contributed by atoms with van der Waals surface area (Å²) in [6, 6.07) is 0. The second kappa shape index (κ2) is 16.1. The molecule has 0 fully saturated rings. The summed E-state index contributed by atoms with van der Waals surface area (Å²) in [5.74, 6) is 0. The van der Waals surface area contributed by atoms with Crippen LogP contribution >= 0.6 is 0 Å². The van der Waals surface area contributed by atoms with Gasteiger partial charge in [-0.25, -0.2) is 0 Å². The van der Waals surface area contributed by atoms with Gasteiger partial charge in [-0.1, -0.05) is 134 Å². The summed E-state index contributed by atoms with van der Waals surface area (Å²) in [6.07, 6.45) is 33.9. The summed E-state index contributed by atoms with van der Waals surface area (Å²) in [5.41, 5.74) is 11.3. The molecule has 0 aliphatic heterocycles. The van der Waals surface area contributed by atoms with Crippen LogP contribution in [0.2, 0.25) is 0 Å². The Balaban J connectivity index is 1.84. The summed E-state index contributed by atoms with van der Waals surface area (Å²) in [6.45, 7) is 22.4. The van der Waals surface area contributed by atoms with Gasteiger partial charge in [0.1, 0.15) is 0 Å². The van der Waals surface area contributed by atoms with Crippen molar-refractivity contribution in [3.63, 3.8) is 0 Å². The van der Waals surface area contributed by atoms with E-state index in [1.54, 1.807) is 5.57 Å². The molecule has 1 nitrogen and oxygen atoms in total. The molecule has 224 valence electrons. The first kappa shape index (κ1) is 34.6. The number of aliphatic hydroxyl groups excluding tert-OH is 1. The highest BCUT2D eigenvalue weighted by Gasteiger charge is 2.31. The molecular formula is C40H58O. The summed E-state index contributed by atoms with van der Waals surface area (Å²) in [4.78, 5) is 0. The highest BCUT2D eigenvalue weighted by Crippen LogP contribution is 2.42. The first-order chi connectivity index (χ1) is 19.2. The first-order valence-corrected chi connectivity index (χ1v) is 15.7. The smallest absolute Gasteiger partial charge is 0.0585 e. The van der Waals surface area contributed by atoms with Gasteiger partial charge in [0, 0.05) is 0 Å². The highest BCUT2D eigenvalue weighted by molar-refractivity contribution is 5.38. The predicted octanol–water partition coefficient (Wildman–Crippen LogP) is 11.8. The maximum Gasteiger partial charge on any atom is 0.0585 e. The Morgan fingerprint density at radius 1 is 0.756 bits per heavy atom. The SMILES string of the molecule is CC1=C(/C=C/C(C)=C/CC/C(C)=C/C=C/C=C(C)/C=C/C=C(C)/C=C/C2=C(C)C[C@@H](O)CC2(C)C)C(C)(C)CCC1. The third-order valence-electron chi connectivity index (χ3n) is 8.62. The molecule has 0 amide bonds. The average Bonchev–Trinajstić information content (AvgIpc) is 2.84. The van der Waals surface area contributed by atoms with Crippen LogP contribution in [0.3, 0.4) is 0 Å². The van der Waals surface area contributed by atoms with Crippen LogP contribution in [0, 0.1) is 10.8 Å². The van der Waals surface area contributed by atoms with E-state index in [1.165, 1.54) is 58.3 Å². The quantitative estimate of drug-likeness (QED) is 0.252. The zero-order chi connectivity index (χ0) is 30.6. The minimum absolute atomic E-state index is 0.0170. The van der Waals surface area contributed by atoms with E-state index in [9.17, 15) is 5.11 Å². The third-order valence-corrected chi connectivity index (χ3v) is 8.62. The van der Waals surface area contributed by atoms with Crippen molar-refractivity contribution >= 4 is 0 Å². The Morgan fingerprint density at radius 3 is 2.00 bits per heavy atom. The molecule has 0 saturated carbocycles. The monoisotopic (exact) mass is 554 g/mol. The molecule has 0 aromatic carbocycles. The number of hydrogen-bond donors (Lipinski definition) is 1. The van der Waals surface area contributed by atoms with Gasteiger partial charge in [-0.05, 0) is 108 Å². The van der Waals surface area contributed by atoms with Gasteiger partial charge >= 0.3 is 0 Å². The first-order valence-electron chi connectivity index (χ1n) is 15.7. The van der Waals surface area contributed by atoms with E-state index in [0.717, 1.165) is 25.7 Å². The molecule has 0 unspecified atom stereocenters. The molecular weight excluding hydrogens is 496 g/mol. The molecule has 0 heterocycles. The normalized spacial score (nSPS) is 23.3. The molecule has 0 saturated heterocycles. The fourth-order valence-corrected chi connectivity index (χ4v) is 6.19. The second-order valence-electron chi connectivity index (χ2n) is 13.8. The van der Waals surface area contributed by atoms with Gasteiger partial charge in [0.15, 0.2) is 0 Å². The standard InChI is InChI=1S/C40H58O/c1-30(18-13-20-32(3)23-25-37-34(5)22-15-27-39(37,7)8)16-11-12-17-31(2)19-14-21-33(4)24-26-38-35(6)28-36(41)29-40(38,9)10/h11-12,14,16-17,19-21,23-26,36,41H,13,15,18,22,27-29H2,1-10H3/b12-11+,19-14+,25-23+,26-24+,30-16+,31-17+,32-20+,33-21+/t36-/m1/s1. The van der Waals surface area contributed by atoms with Gasteiger partial charge < -0.3 is 5.11 Å². The molecule has 2 aliphatic rings. The predicted molar refractivity (Wildman–Crippen MR) is 183 cm³/mol. The number of hydrogen-bond acceptors (Lipinski definition) is 1. The van der Waals surface area contributed by atoms with Gasteiger partial charge in [-0.15, -0.1) is 0 Å². The van der Waals surface area contributed by atoms with Crippen molar-refractivity contribution in [2.45, 2.75) is 120 Å². The topological polar surface area (TPSA) is 20.2 Å². The molecule has 0 spiro atoms. The minimum Gasteiger partial charge on any atom is -0.393 e. The van der Waals surface area contributed by atoms with Crippen molar-refractivity contribution in [2.75, 3.05) is 0 Å². The van der Waals surface area contributed by atoms with Crippen LogP contribution in [0.1, 0.15) is 114 Å². The molecule has 0 aromatic heterocycles. The fraction of sp³-hybridized carbons (Fsp3) is 0.500. The van der Waals surface area contributed by atoms with Gasteiger partial charge in [0.25, 0.3) is 0 Å². The average molecular weight is 555 g/mol. The Morgan fingerprint density at radius 2 is 1.34 bits per heavy atom. The molecule has 1 atom stereocenters. The van der Waals surface area contributed by atoms with E-state index in [2.05, 4.69) is 142 Å². The lowest BCUT2D eigenvalue weighted by molar-refractivity contribution is 0.116. The summed E-state index contributed by atoms with van der Waals surface area (Å²) >= 11 is 0. The molecule has 0 radical (unpaired) electrons. The van der Waals surface area contributed by atoms with E-state index < -0.39 is 0 Å². The van der Waals surface area contributed by atoms with Crippen molar-refractivity contribution in [3.8, 4) is 0 Å². The highest BCUT2D eigenvalue weighted by atomic mass is 16.3. The van der Waals surface area contributed by atoms with E-state index in [1.807, 2.05) is 0 Å². The van der Waals surface area contributed by atoms with Gasteiger partial charge in [-0.3, -0.25) is 0 Å². The van der Waals surface area contributed by atoms with E-state index in [0.29, 0.717) is 5.41 Å². The van der Waals surface area contributed by atoms with Gasteiger partial charge in [0.05, 0.1) is 6.10 Å². The lowest BCUT2D eigenvalue weighted by atomic mass is 9.71. The maximum absolute atomic E-state index is 10.1. The summed E-state index contributed by atoms with van der Waals surface area (Å²) in [5, 5.41) is 10.1. The largest absolute Gasteiger partial charge is 0.393 e. The van der Waals surface area contributed by atoms with Crippen molar-refractivity contribution < 1.29 is 5.11 Å². The Kier molecular flexibility index (Phi) is 13.6. The Hall–Kier alpha value is -2.64. The van der Waals surface area contributed by atoms with Crippen LogP contribution < -0.4 is 0 Å². The molecule has 2 aliphatic carbocycles. The number of rotatable bonds is 11. The molecule has 0 aromatic rings.